The van der Waals surface area contributed by atoms with Gasteiger partial charge in [0.05, 0.1) is 0 Å². The smallest absolute Gasteiger partial charge is 0.225 e. The summed E-state index contributed by atoms with van der Waals surface area (Å²) in [5.41, 5.74) is 0.965. The van der Waals surface area contributed by atoms with Crippen LogP contribution in [0.15, 0.2) is 30.5 Å². The predicted octanol–water partition coefficient (Wildman–Crippen LogP) is 3.27. The van der Waals surface area contributed by atoms with Crippen molar-refractivity contribution < 1.29 is 4.74 Å². The molecule has 0 atom stereocenters. The lowest BCUT2D eigenvalue weighted by Crippen LogP contribution is -1.97. The van der Waals surface area contributed by atoms with Crippen LogP contribution in [0, 0.1) is 6.92 Å². The van der Waals surface area contributed by atoms with Gasteiger partial charge in [0.2, 0.25) is 11.8 Å². The topological polar surface area (TPSA) is 47.0 Å². The molecule has 0 aliphatic rings. The molecule has 1 N–H and O–H groups in total. The van der Waals surface area contributed by atoms with Crippen LogP contribution in [0.3, 0.4) is 0 Å². The van der Waals surface area contributed by atoms with Gasteiger partial charge < -0.3 is 10.1 Å². The summed E-state index contributed by atoms with van der Waals surface area (Å²) in [4.78, 5) is 8.17. The average molecular weight is 250 g/mol. The number of aryl methyl sites for hydroxylation is 1. The zero-order valence-electron chi connectivity index (χ0n) is 9.57. The number of halogens is 1. The van der Waals surface area contributed by atoms with Crippen molar-refractivity contribution in [3.8, 4) is 11.6 Å². The molecule has 0 radical (unpaired) electrons. The first kappa shape index (κ1) is 11.7. The lowest BCUT2D eigenvalue weighted by atomic mass is 10.2. The summed E-state index contributed by atoms with van der Waals surface area (Å²) in [5, 5.41) is 3.57. The summed E-state index contributed by atoms with van der Waals surface area (Å²) in [6, 6.07) is 7.16. The molecule has 0 spiro atoms. The quantitative estimate of drug-likeness (QED) is 0.907. The molecule has 1 aromatic carbocycles. The maximum Gasteiger partial charge on any atom is 0.225 e. The lowest BCUT2D eigenvalue weighted by Gasteiger charge is -2.07. The van der Waals surface area contributed by atoms with Crippen LogP contribution in [0.1, 0.15) is 5.56 Å². The minimum absolute atomic E-state index is 0.492. The van der Waals surface area contributed by atoms with Gasteiger partial charge in [0.15, 0.2) is 0 Å². The number of nitrogens with one attached hydrogen (secondary N) is 1. The van der Waals surface area contributed by atoms with Crippen molar-refractivity contribution in [3.63, 3.8) is 0 Å². The van der Waals surface area contributed by atoms with E-state index < -0.39 is 0 Å². The molecule has 4 nitrogen and oxygen atoms in total. The van der Waals surface area contributed by atoms with Crippen molar-refractivity contribution in [2.45, 2.75) is 6.92 Å². The van der Waals surface area contributed by atoms with Gasteiger partial charge in [-0.25, -0.2) is 4.98 Å². The van der Waals surface area contributed by atoms with E-state index in [1.54, 1.807) is 31.4 Å². The van der Waals surface area contributed by atoms with Gasteiger partial charge in [-0.3, -0.25) is 0 Å². The van der Waals surface area contributed by atoms with Crippen LogP contribution in [0.5, 0.6) is 11.6 Å². The van der Waals surface area contributed by atoms with E-state index >= 15 is 0 Å². The molecular formula is C12H12ClN3O. The SMILES string of the molecule is CNc1nccc(Oc2ccc(Cl)c(C)c2)n1. The highest BCUT2D eigenvalue weighted by Crippen LogP contribution is 2.24. The molecule has 0 saturated heterocycles. The highest BCUT2D eigenvalue weighted by atomic mass is 35.5. The van der Waals surface area contributed by atoms with Crippen molar-refractivity contribution in [1.82, 2.24) is 9.97 Å². The fourth-order valence-corrected chi connectivity index (χ4v) is 1.44. The first-order chi connectivity index (χ1) is 8.19. The molecule has 5 heteroatoms. The highest BCUT2D eigenvalue weighted by Gasteiger charge is 2.02. The molecule has 0 amide bonds. The summed E-state index contributed by atoms with van der Waals surface area (Å²) >= 11 is 5.94. The zero-order chi connectivity index (χ0) is 12.3. The Morgan fingerprint density at radius 1 is 1.29 bits per heavy atom. The summed E-state index contributed by atoms with van der Waals surface area (Å²) < 4.78 is 5.61. The Hall–Kier alpha value is -1.81. The van der Waals surface area contributed by atoms with Crippen molar-refractivity contribution in [3.05, 3.63) is 41.0 Å². The van der Waals surface area contributed by atoms with Gasteiger partial charge in [-0.15, -0.1) is 0 Å². The third kappa shape index (κ3) is 2.85. The fraction of sp³-hybridized carbons (Fsp3) is 0.167. The maximum absolute atomic E-state index is 5.94. The minimum Gasteiger partial charge on any atom is -0.439 e. The Bertz CT molecular complexity index is 531. The number of rotatable bonds is 3. The predicted molar refractivity (Wildman–Crippen MR) is 67.8 cm³/mol. The van der Waals surface area contributed by atoms with Gasteiger partial charge in [-0.2, -0.15) is 4.98 Å². The van der Waals surface area contributed by atoms with E-state index in [1.807, 2.05) is 13.0 Å². The zero-order valence-corrected chi connectivity index (χ0v) is 10.3. The number of hydrogen-bond acceptors (Lipinski definition) is 4. The maximum atomic E-state index is 5.94. The summed E-state index contributed by atoms with van der Waals surface area (Å²) in [6.07, 6.45) is 1.64. The van der Waals surface area contributed by atoms with Crippen molar-refractivity contribution >= 4 is 17.5 Å². The lowest BCUT2D eigenvalue weighted by molar-refractivity contribution is 0.462. The van der Waals surface area contributed by atoms with E-state index in [2.05, 4.69) is 15.3 Å². The molecule has 0 saturated carbocycles. The summed E-state index contributed by atoms with van der Waals surface area (Å²) in [6.45, 7) is 1.92. The van der Waals surface area contributed by atoms with Crippen LogP contribution < -0.4 is 10.1 Å². The summed E-state index contributed by atoms with van der Waals surface area (Å²) in [7, 11) is 1.76. The second-order valence-corrected chi connectivity index (χ2v) is 3.89. The van der Waals surface area contributed by atoms with E-state index in [1.165, 1.54) is 0 Å². The molecule has 2 aromatic rings. The standard InChI is InChI=1S/C12H12ClN3O/c1-8-7-9(3-4-10(8)13)17-11-5-6-15-12(14-2)16-11/h3-7H,1-2H3,(H,14,15,16). The van der Waals surface area contributed by atoms with E-state index in [0.717, 1.165) is 10.6 Å². The molecule has 0 aliphatic carbocycles. The van der Waals surface area contributed by atoms with Gasteiger partial charge in [-0.05, 0) is 30.7 Å². The van der Waals surface area contributed by atoms with Gasteiger partial charge in [0.25, 0.3) is 0 Å². The monoisotopic (exact) mass is 249 g/mol. The van der Waals surface area contributed by atoms with Gasteiger partial charge in [0, 0.05) is 24.3 Å². The second-order valence-electron chi connectivity index (χ2n) is 3.48. The third-order valence-electron chi connectivity index (χ3n) is 2.21. The van der Waals surface area contributed by atoms with Crippen LogP contribution in [0.4, 0.5) is 5.95 Å². The highest BCUT2D eigenvalue weighted by molar-refractivity contribution is 6.31. The number of nitrogens with zero attached hydrogens (tertiary/aromatic N) is 2. The average Bonchev–Trinajstić information content (AvgIpc) is 2.34. The fourth-order valence-electron chi connectivity index (χ4n) is 1.32. The van der Waals surface area contributed by atoms with E-state index in [0.29, 0.717) is 17.6 Å². The van der Waals surface area contributed by atoms with Gasteiger partial charge in [-0.1, -0.05) is 11.6 Å². The Labute approximate surface area is 105 Å². The van der Waals surface area contributed by atoms with Crippen molar-refractivity contribution in [2.75, 3.05) is 12.4 Å². The molecule has 1 aromatic heterocycles. The molecule has 17 heavy (non-hydrogen) atoms. The Kier molecular flexibility index (Phi) is 3.44. The molecule has 0 unspecified atom stereocenters. The third-order valence-corrected chi connectivity index (χ3v) is 2.63. The molecule has 0 bridgehead atoms. The Morgan fingerprint density at radius 2 is 2.12 bits per heavy atom. The van der Waals surface area contributed by atoms with Crippen molar-refractivity contribution in [2.24, 2.45) is 0 Å². The molecule has 0 fully saturated rings. The molecule has 1 heterocycles. The number of hydrogen-bond donors (Lipinski definition) is 1. The van der Waals surface area contributed by atoms with Crippen LogP contribution in [0.2, 0.25) is 5.02 Å². The first-order valence-corrected chi connectivity index (χ1v) is 5.51. The van der Waals surface area contributed by atoms with Crippen LogP contribution in [-0.2, 0) is 0 Å². The molecule has 88 valence electrons. The number of ether oxygens (including phenoxy) is 1. The number of anilines is 1. The van der Waals surface area contributed by atoms with Crippen LogP contribution in [-0.4, -0.2) is 17.0 Å². The number of benzene rings is 1. The Morgan fingerprint density at radius 3 is 2.82 bits per heavy atom. The van der Waals surface area contributed by atoms with E-state index in [9.17, 15) is 0 Å². The van der Waals surface area contributed by atoms with Gasteiger partial charge >= 0.3 is 0 Å². The molecule has 0 aliphatic heterocycles. The first-order valence-electron chi connectivity index (χ1n) is 5.14. The summed E-state index contributed by atoms with van der Waals surface area (Å²) in [5.74, 6) is 1.71. The number of aromatic nitrogens is 2. The van der Waals surface area contributed by atoms with Crippen LogP contribution >= 0.6 is 11.6 Å². The largest absolute Gasteiger partial charge is 0.439 e. The normalized spacial score (nSPS) is 10.1. The van der Waals surface area contributed by atoms with Crippen molar-refractivity contribution in [1.29, 1.82) is 0 Å². The Balaban J connectivity index is 2.22. The molecule has 2 rings (SSSR count). The van der Waals surface area contributed by atoms with E-state index in [-0.39, 0.29) is 0 Å². The second kappa shape index (κ2) is 5.01. The van der Waals surface area contributed by atoms with E-state index in [4.69, 9.17) is 16.3 Å². The van der Waals surface area contributed by atoms with Gasteiger partial charge in [0.1, 0.15) is 5.75 Å². The van der Waals surface area contributed by atoms with Crippen LogP contribution in [0.25, 0.3) is 0 Å². The molecular weight excluding hydrogens is 238 g/mol. The minimum atomic E-state index is 0.492.